The maximum Gasteiger partial charge on any atom is 0.230 e. The minimum atomic E-state index is -0.316. The topological polar surface area (TPSA) is 47.9 Å². The number of anilines is 1. The molecule has 1 aliphatic carbocycles. The highest BCUT2D eigenvalue weighted by Gasteiger charge is 2.42. The van der Waals surface area contributed by atoms with Crippen LogP contribution < -0.4 is 10.2 Å². The predicted molar refractivity (Wildman–Crippen MR) is 103 cm³/mol. The average Bonchev–Trinajstić information content (AvgIpc) is 3.26. The van der Waals surface area contributed by atoms with E-state index in [1.165, 1.54) is 11.3 Å². The summed E-state index contributed by atoms with van der Waals surface area (Å²) in [5.74, 6) is 1.14. The molecular weight excluding hydrogens is 312 g/mol. The smallest absolute Gasteiger partial charge is 0.230 e. The van der Waals surface area contributed by atoms with E-state index in [1.54, 1.807) is 4.90 Å². The van der Waals surface area contributed by atoms with Crippen molar-refractivity contribution in [1.82, 2.24) is 10.2 Å². The van der Waals surface area contributed by atoms with Crippen LogP contribution in [0.2, 0.25) is 0 Å². The minimum absolute atomic E-state index is 0.228. The van der Waals surface area contributed by atoms with Crippen molar-refractivity contribution < 1.29 is 4.79 Å². The van der Waals surface area contributed by atoms with Crippen molar-refractivity contribution in [2.24, 2.45) is 10.4 Å². The number of carbonyl (C=O) groups excluding carboxylic acids is 1. The average molecular weight is 342 g/mol. The summed E-state index contributed by atoms with van der Waals surface area (Å²) >= 11 is 0. The second kappa shape index (κ2) is 7.46. The molecule has 1 fully saturated rings. The van der Waals surface area contributed by atoms with Crippen molar-refractivity contribution in [3.05, 3.63) is 29.8 Å². The van der Waals surface area contributed by atoms with Gasteiger partial charge in [0.15, 0.2) is 5.96 Å². The number of para-hydroxylation sites is 1. The van der Waals surface area contributed by atoms with E-state index in [-0.39, 0.29) is 11.3 Å². The lowest BCUT2D eigenvalue weighted by Gasteiger charge is -2.30. The Morgan fingerprint density at radius 3 is 2.68 bits per heavy atom. The Morgan fingerprint density at radius 1 is 1.28 bits per heavy atom. The number of hydrogen-bond acceptors (Lipinski definition) is 2. The fourth-order valence-corrected chi connectivity index (χ4v) is 4.14. The molecule has 1 saturated carbocycles. The van der Waals surface area contributed by atoms with Gasteiger partial charge in [-0.25, -0.2) is 0 Å². The van der Waals surface area contributed by atoms with Gasteiger partial charge < -0.3 is 15.1 Å². The van der Waals surface area contributed by atoms with E-state index in [9.17, 15) is 4.79 Å². The molecule has 1 amide bonds. The molecule has 0 spiro atoms. The van der Waals surface area contributed by atoms with Crippen molar-refractivity contribution in [2.75, 3.05) is 38.6 Å². The number of hydrogen-bond donors (Lipinski definition) is 1. The third-order valence-corrected chi connectivity index (χ3v) is 5.43. The van der Waals surface area contributed by atoms with Gasteiger partial charge in [0, 0.05) is 32.9 Å². The Labute approximate surface area is 151 Å². The normalized spacial score (nSPS) is 19.0. The van der Waals surface area contributed by atoms with Gasteiger partial charge in [-0.2, -0.15) is 0 Å². The van der Waals surface area contributed by atoms with E-state index in [0.717, 1.165) is 51.2 Å². The summed E-state index contributed by atoms with van der Waals surface area (Å²) in [5, 5.41) is 3.43. The molecule has 0 bridgehead atoms. The molecule has 2 aliphatic rings. The summed E-state index contributed by atoms with van der Waals surface area (Å²) in [6.45, 7) is 4.44. The van der Waals surface area contributed by atoms with E-state index in [1.807, 2.05) is 14.1 Å². The number of nitrogens with one attached hydrogen (secondary N) is 1. The number of fused-ring (bicyclic) bond motifs is 1. The van der Waals surface area contributed by atoms with Crippen molar-refractivity contribution in [3.63, 3.8) is 0 Å². The second-order valence-electron chi connectivity index (χ2n) is 7.39. The lowest BCUT2D eigenvalue weighted by Crippen LogP contribution is -2.44. The van der Waals surface area contributed by atoms with Gasteiger partial charge in [-0.1, -0.05) is 31.0 Å². The highest BCUT2D eigenvalue weighted by Crippen LogP contribution is 2.40. The quantitative estimate of drug-likeness (QED) is 0.676. The first-order valence-corrected chi connectivity index (χ1v) is 9.43. The van der Waals surface area contributed by atoms with Crippen LogP contribution in [-0.4, -0.2) is 50.5 Å². The largest absolute Gasteiger partial charge is 0.356 e. The van der Waals surface area contributed by atoms with Gasteiger partial charge >= 0.3 is 0 Å². The van der Waals surface area contributed by atoms with Gasteiger partial charge in [-0.15, -0.1) is 0 Å². The number of guanidine groups is 1. The molecule has 1 aliphatic heterocycles. The first-order valence-electron chi connectivity index (χ1n) is 9.43. The highest BCUT2D eigenvalue weighted by atomic mass is 16.2. The molecule has 136 valence electrons. The van der Waals surface area contributed by atoms with Gasteiger partial charge in [0.25, 0.3) is 0 Å². The van der Waals surface area contributed by atoms with E-state index in [4.69, 9.17) is 4.99 Å². The third-order valence-electron chi connectivity index (χ3n) is 5.43. The molecule has 1 N–H and O–H groups in total. The molecule has 1 aromatic carbocycles. The Kier molecular flexibility index (Phi) is 5.30. The molecule has 0 radical (unpaired) electrons. The number of benzene rings is 1. The van der Waals surface area contributed by atoms with Crippen molar-refractivity contribution in [2.45, 2.75) is 39.0 Å². The number of nitrogens with zero attached hydrogens (tertiary/aromatic N) is 3. The van der Waals surface area contributed by atoms with E-state index in [2.05, 4.69) is 41.4 Å². The number of aliphatic imine (C=N–C) groups is 1. The molecule has 0 unspecified atom stereocenters. The minimum Gasteiger partial charge on any atom is -0.356 e. The van der Waals surface area contributed by atoms with E-state index < -0.39 is 0 Å². The molecule has 5 heteroatoms. The molecule has 1 aromatic rings. The third kappa shape index (κ3) is 3.51. The van der Waals surface area contributed by atoms with Crippen molar-refractivity contribution in [1.29, 1.82) is 0 Å². The monoisotopic (exact) mass is 342 g/mol. The summed E-state index contributed by atoms with van der Waals surface area (Å²) in [6, 6.07) is 8.52. The zero-order valence-electron chi connectivity index (χ0n) is 15.7. The second-order valence-corrected chi connectivity index (χ2v) is 7.39. The SMILES string of the molecule is CCNC(=NCC1(C(=O)N(C)C)CCCC1)N1CCc2ccccc21. The van der Waals surface area contributed by atoms with Crippen LogP contribution in [-0.2, 0) is 11.2 Å². The fraction of sp³-hybridized carbons (Fsp3) is 0.600. The van der Waals surface area contributed by atoms with Crippen molar-refractivity contribution >= 4 is 17.6 Å². The Morgan fingerprint density at radius 2 is 2.00 bits per heavy atom. The zero-order chi connectivity index (χ0) is 17.9. The summed E-state index contributed by atoms with van der Waals surface area (Å²) in [6.07, 6.45) is 5.19. The molecule has 5 nitrogen and oxygen atoms in total. The predicted octanol–water partition coefficient (Wildman–Crippen LogP) is 2.66. The van der Waals surface area contributed by atoms with Crippen molar-refractivity contribution in [3.8, 4) is 0 Å². The van der Waals surface area contributed by atoms with Crippen LogP contribution in [0.5, 0.6) is 0 Å². The Hall–Kier alpha value is -2.04. The first kappa shape index (κ1) is 17.8. The van der Waals surface area contributed by atoms with Gasteiger partial charge in [0.1, 0.15) is 0 Å². The van der Waals surface area contributed by atoms with Gasteiger partial charge in [-0.3, -0.25) is 9.79 Å². The standard InChI is InChI=1S/C20H30N4O/c1-4-21-19(24-14-11-16-9-5-6-10-17(16)24)22-15-20(12-7-8-13-20)18(25)23(2)3/h5-6,9-10H,4,7-8,11-15H2,1-3H3,(H,21,22). The van der Waals surface area contributed by atoms with Gasteiger partial charge in [0.05, 0.1) is 12.0 Å². The Balaban J connectivity index is 1.84. The van der Waals surface area contributed by atoms with E-state index in [0.29, 0.717) is 6.54 Å². The summed E-state index contributed by atoms with van der Waals surface area (Å²) in [7, 11) is 3.71. The summed E-state index contributed by atoms with van der Waals surface area (Å²) in [5.41, 5.74) is 2.29. The number of rotatable bonds is 4. The number of amides is 1. The zero-order valence-corrected chi connectivity index (χ0v) is 15.7. The summed E-state index contributed by atoms with van der Waals surface area (Å²) < 4.78 is 0. The molecule has 0 saturated heterocycles. The lowest BCUT2D eigenvalue weighted by atomic mass is 9.85. The van der Waals surface area contributed by atoms with Gasteiger partial charge in [0.2, 0.25) is 5.91 Å². The molecule has 25 heavy (non-hydrogen) atoms. The molecule has 0 aromatic heterocycles. The molecule has 3 rings (SSSR count). The van der Waals surface area contributed by atoms with E-state index >= 15 is 0 Å². The first-order chi connectivity index (χ1) is 12.1. The molecular formula is C20H30N4O. The van der Waals surface area contributed by atoms with Crippen LogP contribution in [0.1, 0.15) is 38.2 Å². The Bertz CT molecular complexity index is 647. The number of carbonyl (C=O) groups is 1. The van der Waals surface area contributed by atoms with Crippen LogP contribution in [0.4, 0.5) is 5.69 Å². The van der Waals surface area contributed by atoms with Crippen LogP contribution in [0.15, 0.2) is 29.3 Å². The van der Waals surface area contributed by atoms with Crippen LogP contribution in [0.3, 0.4) is 0 Å². The lowest BCUT2D eigenvalue weighted by molar-refractivity contribution is -0.138. The fourth-order valence-electron chi connectivity index (χ4n) is 4.14. The van der Waals surface area contributed by atoms with Gasteiger partial charge in [-0.05, 0) is 37.8 Å². The molecule has 1 heterocycles. The maximum atomic E-state index is 12.8. The summed E-state index contributed by atoms with van der Waals surface area (Å²) in [4.78, 5) is 21.7. The van der Waals surface area contributed by atoms with Crippen LogP contribution in [0.25, 0.3) is 0 Å². The maximum absolute atomic E-state index is 12.8. The molecule has 0 atom stereocenters. The highest BCUT2D eigenvalue weighted by molar-refractivity contribution is 5.98. The van der Waals surface area contributed by atoms with Crippen LogP contribution >= 0.6 is 0 Å². The van der Waals surface area contributed by atoms with Crippen LogP contribution in [0, 0.1) is 5.41 Å².